The van der Waals surface area contributed by atoms with E-state index in [2.05, 4.69) is 26.0 Å². The second kappa shape index (κ2) is 33.4. The third-order valence-corrected chi connectivity index (χ3v) is 7.98. The van der Waals surface area contributed by atoms with Crippen LogP contribution in [0.15, 0.2) is 12.2 Å². The van der Waals surface area contributed by atoms with Crippen LogP contribution in [0.4, 0.5) is 0 Å². The summed E-state index contributed by atoms with van der Waals surface area (Å²) in [5.41, 5.74) is 0. The van der Waals surface area contributed by atoms with Gasteiger partial charge in [0.25, 0.3) is 0 Å². The van der Waals surface area contributed by atoms with Gasteiger partial charge in [-0.1, -0.05) is 167 Å². The fourth-order valence-electron chi connectivity index (χ4n) is 5.27. The lowest BCUT2D eigenvalue weighted by Crippen LogP contribution is -2.05. The van der Waals surface area contributed by atoms with Crippen LogP contribution in [0.5, 0.6) is 0 Å². The molecule has 0 aromatic carbocycles. The number of carbonyl (C=O) groups excluding carboxylic acids is 1. The van der Waals surface area contributed by atoms with Crippen molar-refractivity contribution in [3.8, 4) is 0 Å². The van der Waals surface area contributed by atoms with E-state index in [4.69, 9.17) is 4.74 Å². The van der Waals surface area contributed by atoms with E-state index in [1.165, 1.54) is 135 Å². The van der Waals surface area contributed by atoms with Crippen molar-refractivity contribution in [2.24, 2.45) is 0 Å². The first kappa shape index (κ1) is 38.2. The molecule has 3 nitrogen and oxygen atoms in total. The molecule has 0 aliphatic rings. The number of esters is 1. The first-order chi connectivity index (χ1) is 19.2. The van der Waals surface area contributed by atoms with Gasteiger partial charge in [-0.25, -0.2) is 0 Å². The molecular weight excluding hydrogens is 480 g/mol. The summed E-state index contributed by atoms with van der Waals surface area (Å²) in [5.74, 6) is -0.00727. The fourth-order valence-corrected chi connectivity index (χ4v) is 5.27. The number of ether oxygens (including phenoxy) is 1. The Labute approximate surface area is 245 Å². The molecule has 0 saturated carbocycles. The van der Waals surface area contributed by atoms with Crippen molar-refractivity contribution in [2.75, 3.05) is 6.61 Å². The lowest BCUT2D eigenvalue weighted by Gasteiger charge is -2.07. The number of carbonyl (C=O) groups is 1. The van der Waals surface area contributed by atoms with Gasteiger partial charge in [0, 0.05) is 6.42 Å². The topological polar surface area (TPSA) is 46.5 Å². The van der Waals surface area contributed by atoms with Crippen LogP contribution >= 0.6 is 0 Å². The summed E-state index contributed by atoms with van der Waals surface area (Å²) >= 11 is 0. The molecule has 0 aliphatic carbocycles. The number of allylic oxidation sites excluding steroid dienone is 1. The van der Waals surface area contributed by atoms with Crippen LogP contribution in [0.25, 0.3) is 0 Å². The largest absolute Gasteiger partial charge is 0.466 e. The average Bonchev–Trinajstić information content (AvgIpc) is 2.93. The summed E-state index contributed by atoms with van der Waals surface area (Å²) in [7, 11) is 0. The summed E-state index contributed by atoms with van der Waals surface area (Å²) in [6.45, 7) is 5.11. The summed E-state index contributed by atoms with van der Waals surface area (Å²) < 4.78 is 5.42. The van der Waals surface area contributed by atoms with E-state index in [0.29, 0.717) is 13.0 Å². The first-order valence-electron chi connectivity index (χ1n) is 17.7. The zero-order valence-electron chi connectivity index (χ0n) is 26.7. The first-order valence-corrected chi connectivity index (χ1v) is 17.7. The Hall–Kier alpha value is -0.830. The Morgan fingerprint density at radius 2 is 1.00 bits per heavy atom. The van der Waals surface area contributed by atoms with E-state index in [9.17, 15) is 9.90 Å². The predicted molar refractivity (Wildman–Crippen MR) is 171 cm³/mol. The van der Waals surface area contributed by atoms with Gasteiger partial charge in [0.1, 0.15) is 0 Å². The van der Waals surface area contributed by atoms with E-state index in [1.54, 1.807) is 0 Å². The van der Waals surface area contributed by atoms with Gasteiger partial charge in [-0.2, -0.15) is 0 Å². The Balaban J connectivity index is 3.25. The average molecular weight is 551 g/mol. The number of rotatable bonds is 32. The number of unbranched alkanes of at least 4 members (excludes halogenated alkanes) is 23. The Morgan fingerprint density at radius 1 is 0.564 bits per heavy atom. The van der Waals surface area contributed by atoms with Crippen LogP contribution in [0.2, 0.25) is 0 Å². The van der Waals surface area contributed by atoms with E-state index >= 15 is 0 Å². The number of hydrogen-bond donors (Lipinski definition) is 1. The van der Waals surface area contributed by atoms with E-state index in [-0.39, 0.29) is 12.1 Å². The van der Waals surface area contributed by atoms with E-state index < -0.39 is 0 Å². The highest BCUT2D eigenvalue weighted by Gasteiger charge is 2.03. The molecule has 1 unspecified atom stereocenters. The van der Waals surface area contributed by atoms with Gasteiger partial charge < -0.3 is 9.84 Å². The third-order valence-electron chi connectivity index (χ3n) is 7.98. The standard InChI is InChI=1S/C36H70O3/c1-3-5-7-9-10-11-12-13-14-15-16-17-20-23-26-30-34-39-36(38)33-29-25-22-19-18-21-24-28-32-35(37)31-27-8-6-4-2/h24,28,35,37H,3-23,25-27,29-34H2,1-2H3/b28-24-. The number of hydrogen-bond acceptors (Lipinski definition) is 3. The summed E-state index contributed by atoms with van der Waals surface area (Å²) in [6, 6.07) is 0. The lowest BCUT2D eigenvalue weighted by molar-refractivity contribution is -0.143. The van der Waals surface area contributed by atoms with E-state index in [0.717, 1.165) is 44.9 Å². The minimum atomic E-state index is -0.165. The van der Waals surface area contributed by atoms with Crippen molar-refractivity contribution in [3.63, 3.8) is 0 Å². The molecule has 232 valence electrons. The third kappa shape index (κ3) is 33.3. The molecule has 0 aliphatic heterocycles. The number of aliphatic hydroxyl groups is 1. The highest BCUT2D eigenvalue weighted by molar-refractivity contribution is 5.69. The second-order valence-corrected chi connectivity index (χ2v) is 12.0. The quantitative estimate of drug-likeness (QED) is 0.0514. The van der Waals surface area contributed by atoms with Crippen LogP contribution < -0.4 is 0 Å². The predicted octanol–water partition coefficient (Wildman–Crippen LogP) is 11.8. The zero-order valence-corrected chi connectivity index (χ0v) is 26.7. The molecule has 0 amide bonds. The zero-order chi connectivity index (χ0) is 28.5. The highest BCUT2D eigenvalue weighted by Crippen LogP contribution is 2.14. The minimum absolute atomic E-state index is 0.00727. The minimum Gasteiger partial charge on any atom is -0.466 e. The Bertz CT molecular complexity index is 502. The Morgan fingerprint density at radius 3 is 1.54 bits per heavy atom. The Kier molecular flexibility index (Phi) is 32.7. The normalized spacial score (nSPS) is 12.4. The van der Waals surface area contributed by atoms with Crippen LogP contribution in [-0.2, 0) is 9.53 Å². The van der Waals surface area contributed by atoms with Crippen molar-refractivity contribution >= 4 is 5.97 Å². The van der Waals surface area contributed by atoms with Crippen LogP contribution in [-0.4, -0.2) is 23.8 Å². The van der Waals surface area contributed by atoms with Gasteiger partial charge in [0.05, 0.1) is 12.7 Å². The van der Waals surface area contributed by atoms with Crippen molar-refractivity contribution < 1.29 is 14.6 Å². The van der Waals surface area contributed by atoms with Gasteiger partial charge in [-0.3, -0.25) is 4.79 Å². The van der Waals surface area contributed by atoms with E-state index in [1.807, 2.05) is 0 Å². The smallest absolute Gasteiger partial charge is 0.305 e. The molecule has 0 aromatic rings. The SMILES string of the molecule is CCCCCCCCCCCCCCCCCCOC(=O)CCCCCCC/C=C\CC(O)CCCCCC. The molecule has 1 N–H and O–H groups in total. The fraction of sp³-hybridized carbons (Fsp3) is 0.917. The monoisotopic (exact) mass is 551 g/mol. The molecule has 0 heterocycles. The molecule has 3 heteroatoms. The van der Waals surface area contributed by atoms with Crippen molar-refractivity contribution in [1.82, 2.24) is 0 Å². The highest BCUT2D eigenvalue weighted by atomic mass is 16.5. The van der Waals surface area contributed by atoms with Gasteiger partial charge in [0.15, 0.2) is 0 Å². The molecule has 0 rings (SSSR count). The molecule has 0 spiro atoms. The van der Waals surface area contributed by atoms with Crippen LogP contribution in [0, 0.1) is 0 Å². The molecule has 39 heavy (non-hydrogen) atoms. The molecule has 0 fully saturated rings. The van der Waals surface area contributed by atoms with Crippen LogP contribution in [0.1, 0.15) is 200 Å². The van der Waals surface area contributed by atoms with Gasteiger partial charge in [0.2, 0.25) is 0 Å². The van der Waals surface area contributed by atoms with Crippen LogP contribution in [0.3, 0.4) is 0 Å². The van der Waals surface area contributed by atoms with Crippen molar-refractivity contribution in [2.45, 2.75) is 206 Å². The maximum atomic E-state index is 11.9. The molecule has 0 aromatic heterocycles. The molecule has 0 bridgehead atoms. The maximum absolute atomic E-state index is 11.9. The molecular formula is C36H70O3. The molecule has 0 saturated heterocycles. The molecule has 1 atom stereocenters. The number of aliphatic hydroxyl groups excluding tert-OH is 1. The summed E-state index contributed by atoms with van der Waals surface area (Å²) in [4.78, 5) is 11.9. The van der Waals surface area contributed by atoms with Gasteiger partial charge in [-0.15, -0.1) is 0 Å². The van der Waals surface area contributed by atoms with Crippen molar-refractivity contribution in [3.05, 3.63) is 12.2 Å². The van der Waals surface area contributed by atoms with Gasteiger partial charge >= 0.3 is 5.97 Å². The summed E-state index contributed by atoms with van der Waals surface area (Å²) in [6.07, 6.45) is 40.1. The van der Waals surface area contributed by atoms with Gasteiger partial charge in [-0.05, 0) is 38.5 Å². The molecule has 0 radical (unpaired) electrons. The van der Waals surface area contributed by atoms with Crippen molar-refractivity contribution in [1.29, 1.82) is 0 Å². The summed E-state index contributed by atoms with van der Waals surface area (Å²) in [5, 5.41) is 9.98. The second-order valence-electron chi connectivity index (χ2n) is 12.0. The maximum Gasteiger partial charge on any atom is 0.305 e. The lowest BCUT2D eigenvalue weighted by atomic mass is 10.0.